The van der Waals surface area contributed by atoms with Gasteiger partial charge in [0.15, 0.2) is 17.5 Å². The van der Waals surface area contributed by atoms with Crippen molar-refractivity contribution in [2.45, 2.75) is 0 Å². The third-order valence-electron chi connectivity index (χ3n) is 10.6. The Kier molecular flexibility index (Phi) is 7.64. The Labute approximate surface area is 327 Å². The van der Waals surface area contributed by atoms with E-state index in [0.29, 0.717) is 17.5 Å². The van der Waals surface area contributed by atoms with Crippen molar-refractivity contribution in [2.24, 2.45) is 0 Å². The number of benzene rings is 8. The molecule has 11 rings (SSSR count). The maximum Gasteiger partial charge on any atom is 0.164 e. The van der Waals surface area contributed by atoms with E-state index < -0.39 is 0 Å². The quantitative estimate of drug-likeness (QED) is 0.171. The molecule has 3 aromatic heterocycles. The van der Waals surface area contributed by atoms with Crippen LogP contribution in [0.25, 0.3) is 110 Å². The Balaban J connectivity index is 0.979. The van der Waals surface area contributed by atoms with E-state index in [0.717, 1.165) is 60.9 Å². The molecule has 5 heteroatoms. The zero-order chi connectivity index (χ0) is 37.0. The van der Waals surface area contributed by atoms with Crippen molar-refractivity contribution in [3.05, 3.63) is 188 Å². The van der Waals surface area contributed by atoms with Crippen LogP contribution in [0.15, 0.2) is 192 Å². The van der Waals surface area contributed by atoms with Gasteiger partial charge in [-0.25, -0.2) is 15.0 Å². The zero-order valence-electron chi connectivity index (χ0n) is 30.1. The largest absolute Gasteiger partial charge is 0.455 e. The topological polar surface area (TPSA) is 51.8 Å². The van der Waals surface area contributed by atoms with Crippen LogP contribution in [0.5, 0.6) is 0 Å². The number of furan rings is 1. The van der Waals surface area contributed by atoms with Crippen molar-refractivity contribution in [2.75, 3.05) is 0 Å². The van der Waals surface area contributed by atoms with Gasteiger partial charge in [-0.05, 0) is 39.9 Å². The lowest BCUT2D eigenvalue weighted by atomic mass is 9.98. The van der Waals surface area contributed by atoms with E-state index in [9.17, 15) is 0 Å². The normalized spacial score (nSPS) is 11.6. The Bertz CT molecular complexity index is 3220. The molecule has 56 heavy (non-hydrogen) atoms. The van der Waals surface area contributed by atoms with Gasteiger partial charge in [0.25, 0.3) is 0 Å². The Hall–Kier alpha value is -7.21. The molecule has 8 aromatic carbocycles. The first-order chi connectivity index (χ1) is 27.7. The van der Waals surface area contributed by atoms with Crippen molar-refractivity contribution in [1.29, 1.82) is 0 Å². The summed E-state index contributed by atoms with van der Waals surface area (Å²) in [5.41, 5.74) is 11.3. The molecule has 11 aromatic rings. The molecule has 0 bridgehead atoms. The van der Waals surface area contributed by atoms with Crippen LogP contribution in [0.3, 0.4) is 0 Å². The van der Waals surface area contributed by atoms with Gasteiger partial charge < -0.3 is 4.42 Å². The van der Waals surface area contributed by atoms with Gasteiger partial charge in [-0.1, -0.05) is 176 Å². The average molecular weight is 734 g/mol. The van der Waals surface area contributed by atoms with Gasteiger partial charge in [0.1, 0.15) is 11.2 Å². The van der Waals surface area contributed by atoms with Crippen LogP contribution in [0.1, 0.15) is 0 Å². The van der Waals surface area contributed by atoms with Gasteiger partial charge in [0.2, 0.25) is 0 Å². The van der Waals surface area contributed by atoms with Gasteiger partial charge in [-0.3, -0.25) is 0 Å². The molecule has 0 aliphatic rings. The first-order valence-corrected chi connectivity index (χ1v) is 19.5. The molecular weight excluding hydrogens is 703 g/mol. The maximum atomic E-state index is 6.58. The number of rotatable bonds is 6. The smallest absolute Gasteiger partial charge is 0.164 e. The number of fused-ring (bicyclic) bond motifs is 6. The summed E-state index contributed by atoms with van der Waals surface area (Å²) in [6.07, 6.45) is 0. The standard InChI is InChI=1S/C51H31N3OS/c1-3-12-34(13-4-1)38-17-9-20-42-46-43(21-11-22-44(46)55-47(38)42)51-53-49(36-14-5-2-6-15-36)52-50(54-51)37-30-26-33(27-31-37)32-24-28-35(29-25-32)39-18-10-19-41-40-16-7-8-23-45(40)56-48(39)41/h1-31H. The number of nitrogens with zero attached hydrogens (tertiary/aromatic N) is 3. The molecule has 0 saturated heterocycles. The van der Waals surface area contributed by atoms with Crippen LogP contribution in [-0.4, -0.2) is 15.0 Å². The molecule has 0 radical (unpaired) electrons. The summed E-state index contributed by atoms with van der Waals surface area (Å²) in [6, 6.07) is 65.6. The number of aromatic nitrogens is 3. The minimum absolute atomic E-state index is 0.598. The lowest BCUT2D eigenvalue weighted by Crippen LogP contribution is -2.00. The highest BCUT2D eigenvalue weighted by molar-refractivity contribution is 7.26. The van der Waals surface area contributed by atoms with Crippen LogP contribution >= 0.6 is 11.3 Å². The van der Waals surface area contributed by atoms with E-state index in [-0.39, 0.29) is 0 Å². The average Bonchev–Trinajstić information content (AvgIpc) is 3.86. The monoisotopic (exact) mass is 733 g/mol. The highest BCUT2D eigenvalue weighted by atomic mass is 32.1. The van der Waals surface area contributed by atoms with E-state index in [1.807, 2.05) is 59.9 Å². The third kappa shape index (κ3) is 5.48. The molecule has 262 valence electrons. The van der Waals surface area contributed by atoms with Gasteiger partial charge >= 0.3 is 0 Å². The minimum atomic E-state index is 0.598. The van der Waals surface area contributed by atoms with Crippen molar-refractivity contribution < 1.29 is 4.42 Å². The van der Waals surface area contributed by atoms with E-state index in [4.69, 9.17) is 19.4 Å². The molecule has 0 unspecified atom stereocenters. The lowest BCUT2D eigenvalue weighted by molar-refractivity contribution is 0.670. The van der Waals surface area contributed by atoms with Crippen molar-refractivity contribution in [1.82, 2.24) is 15.0 Å². The van der Waals surface area contributed by atoms with Crippen molar-refractivity contribution in [3.63, 3.8) is 0 Å². The number of hydrogen-bond donors (Lipinski definition) is 0. The molecule has 0 N–H and O–H groups in total. The molecule has 0 saturated carbocycles. The van der Waals surface area contributed by atoms with Crippen molar-refractivity contribution in [3.8, 4) is 67.5 Å². The fourth-order valence-corrected chi connectivity index (χ4v) is 9.09. The molecule has 0 fully saturated rings. The second-order valence-electron chi connectivity index (χ2n) is 13.9. The minimum Gasteiger partial charge on any atom is -0.455 e. The summed E-state index contributed by atoms with van der Waals surface area (Å²) in [6.45, 7) is 0. The maximum absolute atomic E-state index is 6.58. The molecule has 0 aliphatic heterocycles. The Morgan fingerprint density at radius 2 is 0.839 bits per heavy atom. The second kappa shape index (κ2) is 13.3. The third-order valence-corrected chi connectivity index (χ3v) is 11.8. The first-order valence-electron chi connectivity index (χ1n) is 18.7. The lowest BCUT2D eigenvalue weighted by Gasteiger charge is -2.10. The fourth-order valence-electron chi connectivity index (χ4n) is 7.85. The van der Waals surface area contributed by atoms with E-state index in [1.165, 1.54) is 31.3 Å². The van der Waals surface area contributed by atoms with Gasteiger partial charge in [0, 0.05) is 53.2 Å². The van der Waals surface area contributed by atoms with Crippen LogP contribution in [-0.2, 0) is 0 Å². The summed E-state index contributed by atoms with van der Waals surface area (Å²) in [7, 11) is 0. The van der Waals surface area contributed by atoms with Crippen LogP contribution in [0.2, 0.25) is 0 Å². The fraction of sp³-hybridized carbons (Fsp3) is 0. The predicted molar refractivity (Wildman–Crippen MR) is 233 cm³/mol. The van der Waals surface area contributed by atoms with Gasteiger partial charge in [0.05, 0.1) is 0 Å². The summed E-state index contributed by atoms with van der Waals surface area (Å²) in [4.78, 5) is 15.3. The van der Waals surface area contributed by atoms with Gasteiger partial charge in [-0.2, -0.15) is 0 Å². The second-order valence-corrected chi connectivity index (χ2v) is 15.0. The SMILES string of the molecule is c1ccc(-c2nc(-c3ccc(-c4ccc(-c5cccc6c5sc5ccccc56)cc4)cc3)nc(-c3cccc4oc5c(-c6ccccc6)cccc5c34)n2)cc1. The molecule has 0 aliphatic carbocycles. The van der Waals surface area contributed by atoms with Crippen LogP contribution in [0.4, 0.5) is 0 Å². The number of hydrogen-bond acceptors (Lipinski definition) is 5. The van der Waals surface area contributed by atoms with E-state index in [1.54, 1.807) is 0 Å². The van der Waals surface area contributed by atoms with Gasteiger partial charge in [-0.15, -0.1) is 11.3 Å². The predicted octanol–water partition coefficient (Wildman–Crippen LogP) is 14.1. The Morgan fingerprint density at radius 1 is 0.339 bits per heavy atom. The molecule has 0 atom stereocenters. The molecule has 0 amide bonds. The first kappa shape index (κ1) is 32.2. The van der Waals surface area contributed by atoms with E-state index >= 15 is 0 Å². The summed E-state index contributed by atoms with van der Waals surface area (Å²) < 4.78 is 9.22. The summed E-state index contributed by atoms with van der Waals surface area (Å²) >= 11 is 1.86. The Morgan fingerprint density at radius 3 is 1.57 bits per heavy atom. The van der Waals surface area contributed by atoms with Crippen molar-refractivity contribution >= 4 is 53.4 Å². The molecule has 3 heterocycles. The summed E-state index contributed by atoms with van der Waals surface area (Å²) in [5, 5.41) is 4.64. The number of thiophene rings is 1. The molecule has 4 nitrogen and oxygen atoms in total. The van der Waals surface area contributed by atoms with Crippen LogP contribution < -0.4 is 0 Å². The zero-order valence-corrected chi connectivity index (χ0v) is 30.9. The highest BCUT2D eigenvalue weighted by Gasteiger charge is 2.19. The van der Waals surface area contributed by atoms with Crippen LogP contribution in [0, 0.1) is 0 Å². The highest BCUT2D eigenvalue weighted by Crippen LogP contribution is 2.42. The number of para-hydroxylation sites is 1. The molecule has 0 spiro atoms. The molecular formula is C51H31N3OS. The summed E-state index contributed by atoms with van der Waals surface area (Å²) in [5.74, 6) is 1.83. The van der Waals surface area contributed by atoms with E-state index in [2.05, 4.69) is 140 Å².